The SMILES string of the molecule is COc1ccc([C@@H]2CC(=O)Oc3ccc4c(c32)OC(C)(C)CC4=O)cc1OC. The standard InChI is InChI=1S/C22H22O6/c1-22(2)11-15(23)13-6-8-17-20(21(13)28-22)14(10-19(24)27-17)12-5-7-16(25-3)18(9-12)26-4/h5-9,14H,10-11H2,1-4H3/t14-/m0/s1. The molecule has 2 aromatic rings. The summed E-state index contributed by atoms with van der Waals surface area (Å²) in [6.45, 7) is 3.76. The molecule has 0 unspecified atom stereocenters. The van der Waals surface area contributed by atoms with Gasteiger partial charge in [0.05, 0.1) is 32.6 Å². The highest BCUT2D eigenvalue weighted by Gasteiger charge is 2.40. The van der Waals surface area contributed by atoms with Crippen molar-refractivity contribution in [3.8, 4) is 23.0 Å². The number of hydrogen-bond donors (Lipinski definition) is 0. The first-order valence-corrected chi connectivity index (χ1v) is 9.14. The van der Waals surface area contributed by atoms with Gasteiger partial charge in [0.2, 0.25) is 0 Å². The number of fused-ring (bicyclic) bond motifs is 3. The van der Waals surface area contributed by atoms with Gasteiger partial charge in [0.1, 0.15) is 17.1 Å². The second kappa shape index (κ2) is 6.55. The maximum Gasteiger partial charge on any atom is 0.312 e. The highest BCUT2D eigenvalue weighted by molar-refractivity contribution is 6.01. The number of methoxy groups -OCH3 is 2. The number of ether oxygens (including phenoxy) is 4. The minimum Gasteiger partial charge on any atom is -0.493 e. The Labute approximate surface area is 163 Å². The molecule has 0 aromatic heterocycles. The lowest BCUT2D eigenvalue weighted by Crippen LogP contribution is -2.37. The monoisotopic (exact) mass is 382 g/mol. The Morgan fingerprint density at radius 3 is 2.50 bits per heavy atom. The number of hydrogen-bond acceptors (Lipinski definition) is 6. The molecule has 146 valence electrons. The van der Waals surface area contributed by atoms with E-state index in [0.29, 0.717) is 35.0 Å². The zero-order chi connectivity index (χ0) is 20.1. The Bertz CT molecular complexity index is 975. The summed E-state index contributed by atoms with van der Waals surface area (Å²) in [6.07, 6.45) is 0.455. The van der Waals surface area contributed by atoms with E-state index < -0.39 is 5.60 Å². The van der Waals surface area contributed by atoms with Crippen LogP contribution in [-0.2, 0) is 4.79 Å². The van der Waals surface area contributed by atoms with Gasteiger partial charge in [0.15, 0.2) is 17.3 Å². The smallest absolute Gasteiger partial charge is 0.312 e. The summed E-state index contributed by atoms with van der Waals surface area (Å²) < 4.78 is 22.4. The van der Waals surface area contributed by atoms with Gasteiger partial charge in [0, 0.05) is 11.5 Å². The van der Waals surface area contributed by atoms with Crippen molar-refractivity contribution >= 4 is 11.8 Å². The molecule has 0 amide bonds. The topological polar surface area (TPSA) is 71.1 Å². The lowest BCUT2D eigenvalue weighted by Gasteiger charge is -2.36. The van der Waals surface area contributed by atoms with Crippen LogP contribution in [0.25, 0.3) is 0 Å². The van der Waals surface area contributed by atoms with Gasteiger partial charge < -0.3 is 18.9 Å². The predicted molar refractivity (Wildman–Crippen MR) is 102 cm³/mol. The number of rotatable bonds is 3. The van der Waals surface area contributed by atoms with E-state index in [2.05, 4.69) is 0 Å². The normalized spacial score (nSPS) is 19.8. The van der Waals surface area contributed by atoms with Crippen LogP contribution in [0.4, 0.5) is 0 Å². The first-order valence-electron chi connectivity index (χ1n) is 9.14. The Hall–Kier alpha value is -3.02. The van der Waals surface area contributed by atoms with E-state index in [-0.39, 0.29) is 24.1 Å². The van der Waals surface area contributed by atoms with Gasteiger partial charge in [-0.05, 0) is 43.7 Å². The van der Waals surface area contributed by atoms with E-state index in [4.69, 9.17) is 18.9 Å². The van der Waals surface area contributed by atoms with Gasteiger partial charge >= 0.3 is 5.97 Å². The summed E-state index contributed by atoms with van der Waals surface area (Å²) in [6, 6.07) is 8.90. The minimum atomic E-state index is -0.622. The Kier molecular flexibility index (Phi) is 4.29. The van der Waals surface area contributed by atoms with Crippen LogP contribution < -0.4 is 18.9 Å². The number of Topliss-reactive ketones (excluding diaryl/α,β-unsaturated/α-hetero) is 1. The van der Waals surface area contributed by atoms with Gasteiger partial charge in [0.25, 0.3) is 0 Å². The molecule has 0 bridgehead atoms. The van der Waals surface area contributed by atoms with Crippen LogP contribution in [0.15, 0.2) is 30.3 Å². The van der Waals surface area contributed by atoms with Crippen molar-refractivity contribution in [2.45, 2.75) is 38.2 Å². The molecule has 6 heteroatoms. The maximum atomic E-state index is 12.7. The third-order valence-corrected chi connectivity index (χ3v) is 5.17. The quantitative estimate of drug-likeness (QED) is 0.592. The van der Waals surface area contributed by atoms with E-state index in [1.54, 1.807) is 32.4 Å². The summed E-state index contributed by atoms with van der Waals surface area (Å²) in [5, 5.41) is 0. The summed E-state index contributed by atoms with van der Waals surface area (Å²) in [4.78, 5) is 24.9. The summed E-state index contributed by atoms with van der Waals surface area (Å²) in [5.41, 5.74) is 1.50. The number of carbonyl (C=O) groups excluding carboxylic acids is 2. The van der Waals surface area contributed by atoms with Gasteiger partial charge in [-0.15, -0.1) is 0 Å². The molecular weight excluding hydrogens is 360 g/mol. The van der Waals surface area contributed by atoms with E-state index in [0.717, 1.165) is 11.1 Å². The molecular formula is C22H22O6. The van der Waals surface area contributed by atoms with Crippen LogP contribution >= 0.6 is 0 Å². The number of carbonyl (C=O) groups is 2. The molecule has 6 nitrogen and oxygen atoms in total. The van der Waals surface area contributed by atoms with Crippen molar-refractivity contribution in [3.05, 3.63) is 47.0 Å². The molecule has 0 saturated carbocycles. The summed E-state index contributed by atoms with van der Waals surface area (Å²) >= 11 is 0. The minimum absolute atomic E-state index is 0.0250. The number of esters is 1. The van der Waals surface area contributed by atoms with Crippen molar-refractivity contribution < 1.29 is 28.5 Å². The van der Waals surface area contributed by atoms with Crippen LogP contribution in [0, 0.1) is 0 Å². The van der Waals surface area contributed by atoms with Gasteiger partial charge in [-0.1, -0.05) is 6.07 Å². The molecule has 0 radical (unpaired) electrons. The fraction of sp³-hybridized carbons (Fsp3) is 0.364. The van der Waals surface area contributed by atoms with Crippen molar-refractivity contribution in [1.82, 2.24) is 0 Å². The average molecular weight is 382 g/mol. The summed E-state index contributed by atoms with van der Waals surface area (Å²) in [7, 11) is 3.14. The predicted octanol–water partition coefficient (Wildman–Crippen LogP) is 3.89. The van der Waals surface area contributed by atoms with E-state index in [1.807, 2.05) is 26.0 Å². The van der Waals surface area contributed by atoms with Gasteiger partial charge in [-0.3, -0.25) is 9.59 Å². The molecule has 1 atom stereocenters. The first kappa shape index (κ1) is 18.3. The zero-order valence-corrected chi connectivity index (χ0v) is 16.3. The molecule has 28 heavy (non-hydrogen) atoms. The van der Waals surface area contributed by atoms with Crippen LogP contribution in [-0.4, -0.2) is 31.6 Å². The fourth-order valence-corrected chi connectivity index (χ4v) is 3.91. The largest absolute Gasteiger partial charge is 0.493 e. The second-order valence-electron chi connectivity index (χ2n) is 7.66. The van der Waals surface area contributed by atoms with E-state index in [1.165, 1.54) is 0 Å². The van der Waals surface area contributed by atoms with Gasteiger partial charge in [-0.25, -0.2) is 0 Å². The second-order valence-corrected chi connectivity index (χ2v) is 7.66. The molecule has 0 saturated heterocycles. The molecule has 2 aromatic carbocycles. The molecule has 2 heterocycles. The van der Waals surface area contributed by atoms with Crippen molar-refractivity contribution in [3.63, 3.8) is 0 Å². The van der Waals surface area contributed by atoms with Crippen LogP contribution in [0.5, 0.6) is 23.0 Å². The van der Waals surface area contributed by atoms with Crippen molar-refractivity contribution in [1.29, 1.82) is 0 Å². The molecule has 0 aliphatic carbocycles. The summed E-state index contributed by atoms with van der Waals surface area (Å²) in [5.74, 6) is 1.50. The molecule has 0 fully saturated rings. The third kappa shape index (κ3) is 2.99. The number of benzene rings is 2. The lowest BCUT2D eigenvalue weighted by atomic mass is 9.82. The maximum absolute atomic E-state index is 12.7. The molecule has 0 spiro atoms. The average Bonchev–Trinajstić information content (AvgIpc) is 2.65. The highest BCUT2D eigenvalue weighted by Crippen LogP contribution is 2.49. The van der Waals surface area contributed by atoms with E-state index >= 15 is 0 Å². The Balaban J connectivity index is 1.90. The molecule has 2 aliphatic heterocycles. The molecule has 0 N–H and O–H groups in total. The number of ketones is 1. The Morgan fingerprint density at radius 1 is 1.04 bits per heavy atom. The first-order chi connectivity index (χ1) is 13.3. The fourth-order valence-electron chi connectivity index (χ4n) is 3.91. The Morgan fingerprint density at radius 2 is 1.79 bits per heavy atom. The van der Waals surface area contributed by atoms with Crippen LogP contribution in [0.1, 0.15) is 54.1 Å². The molecule has 4 rings (SSSR count). The third-order valence-electron chi connectivity index (χ3n) is 5.17. The van der Waals surface area contributed by atoms with Crippen molar-refractivity contribution in [2.75, 3.05) is 14.2 Å². The van der Waals surface area contributed by atoms with Gasteiger partial charge in [-0.2, -0.15) is 0 Å². The van der Waals surface area contributed by atoms with Crippen LogP contribution in [0.2, 0.25) is 0 Å². The zero-order valence-electron chi connectivity index (χ0n) is 16.3. The van der Waals surface area contributed by atoms with Crippen molar-refractivity contribution in [2.24, 2.45) is 0 Å². The van der Waals surface area contributed by atoms with Crippen LogP contribution in [0.3, 0.4) is 0 Å². The van der Waals surface area contributed by atoms with E-state index in [9.17, 15) is 9.59 Å². The highest BCUT2D eigenvalue weighted by atomic mass is 16.5. The molecule has 2 aliphatic rings. The lowest BCUT2D eigenvalue weighted by molar-refractivity contribution is -0.135.